The van der Waals surface area contributed by atoms with Gasteiger partial charge in [-0.1, -0.05) is 25.2 Å². The highest BCUT2D eigenvalue weighted by atomic mass is 32.9. The van der Waals surface area contributed by atoms with E-state index >= 15 is 0 Å². The quantitative estimate of drug-likeness (QED) is 0.436. The van der Waals surface area contributed by atoms with Gasteiger partial charge in [0.05, 0.1) is 6.34 Å². The van der Waals surface area contributed by atoms with E-state index in [0.717, 1.165) is 5.75 Å². The molecule has 0 bridgehead atoms. The standard InChI is InChI=1S/C9H21N2OPS2/c1-8(2)6-15-13(14,12-5)11-7-10-9(3)4/h7-9H,6H2,1-5H3,(H,10,11,14). The summed E-state index contributed by atoms with van der Waals surface area (Å²) < 4.78 is 5.36. The molecule has 0 aliphatic carbocycles. The lowest BCUT2D eigenvalue weighted by molar-refractivity contribution is 0.467. The van der Waals surface area contributed by atoms with Gasteiger partial charge in [0, 0.05) is 18.9 Å². The Morgan fingerprint density at radius 1 is 1.47 bits per heavy atom. The molecular weight excluding hydrogens is 247 g/mol. The Hall–Kier alpha value is 0.430. The zero-order valence-corrected chi connectivity index (χ0v) is 12.6. The molecule has 0 aromatic carbocycles. The lowest BCUT2D eigenvalue weighted by atomic mass is 10.3. The molecule has 0 aromatic heterocycles. The van der Waals surface area contributed by atoms with Crippen LogP contribution in [0.4, 0.5) is 0 Å². The largest absolute Gasteiger partial charge is 0.330 e. The van der Waals surface area contributed by atoms with Crippen molar-refractivity contribution in [2.24, 2.45) is 10.9 Å². The summed E-state index contributed by atoms with van der Waals surface area (Å²) in [7, 11) is 1.66. The van der Waals surface area contributed by atoms with E-state index in [-0.39, 0.29) is 6.04 Å². The lowest BCUT2D eigenvalue weighted by Gasteiger charge is -2.19. The summed E-state index contributed by atoms with van der Waals surface area (Å²) in [6, 6.07) is 0.285. The van der Waals surface area contributed by atoms with Crippen molar-refractivity contribution in [1.29, 1.82) is 0 Å². The van der Waals surface area contributed by atoms with Gasteiger partial charge in [0.15, 0.2) is 0 Å². The predicted molar refractivity (Wildman–Crippen MR) is 75.4 cm³/mol. The zero-order valence-electron chi connectivity index (χ0n) is 10.1. The number of rotatable bonds is 7. The number of hydrogen-bond donors (Lipinski definition) is 1. The molecule has 1 N–H and O–H groups in total. The van der Waals surface area contributed by atoms with Crippen LogP contribution >= 0.6 is 17.0 Å². The van der Waals surface area contributed by atoms with Crippen LogP contribution in [-0.2, 0) is 16.3 Å². The van der Waals surface area contributed by atoms with E-state index < -0.39 is 5.62 Å². The molecule has 15 heavy (non-hydrogen) atoms. The summed E-state index contributed by atoms with van der Waals surface area (Å²) in [6.45, 7) is 8.39. The van der Waals surface area contributed by atoms with Gasteiger partial charge in [-0.25, -0.2) is 0 Å². The molecule has 0 spiro atoms. The average molecular weight is 268 g/mol. The Labute approximate surface area is 102 Å². The maximum atomic E-state index is 5.42. The second kappa shape index (κ2) is 7.66. The Morgan fingerprint density at radius 3 is 2.47 bits per heavy atom. The summed E-state index contributed by atoms with van der Waals surface area (Å²) in [5.74, 6) is 1.63. The van der Waals surface area contributed by atoms with E-state index in [4.69, 9.17) is 16.3 Å². The molecule has 3 nitrogen and oxygen atoms in total. The van der Waals surface area contributed by atoms with Gasteiger partial charge < -0.3 is 9.61 Å². The van der Waals surface area contributed by atoms with Gasteiger partial charge >= 0.3 is 0 Å². The van der Waals surface area contributed by atoms with Crippen molar-refractivity contribution in [1.82, 2.24) is 5.09 Å². The lowest BCUT2D eigenvalue weighted by Crippen LogP contribution is -2.09. The molecule has 0 heterocycles. The maximum absolute atomic E-state index is 5.42. The molecule has 0 aliphatic rings. The maximum Gasteiger partial charge on any atom is 0.210 e. The number of nitrogens with one attached hydrogen (secondary N) is 1. The van der Waals surface area contributed by atoms with Crippen molar-refractivity contribution in [2.75, 3.05) is 12.9 Å². The van der Waals surface area contributed by atoms with Crippen LogP contribution in [-0.4, -0.2) is 25.2 Å². The first-order valence-corrected chi connectivity index (χ1v) is 9.30. The third kappa shape index (κ3) is 8.26. The fourth-order valence-electron chi connectivity index (χ4n) is 0.643. The Morgan fingerprint density at radius 2 is 2.07 bits per heavy atom. The molecule has 0 radical (unpaired) electrons. The number of hydrogen-bond acceptors (Lipinski definition) is 4. The van der Waals surface area contributed by atoms with Crippen molar-refractivity contribution >= 4 is 35.1 Å². The molecule has 90 valence electrons. The van der Waals surface area contributed by atoms with E-state index in [0.29, 0.717) is 5.92 Å². The summed E-state index contributed by atoms with van der Waals surface area (Å²) in [4.78, 5) is 4.22. The minimum absolute atomic E-state index is 0.285. The first kappa shape index (κ1) is 15.4. The van der Waals surface area contributed by atoms with Gasteiger partial charge in [0.2, 0.25) is 5.62 Å². The fourth-order valence-corrected chi connectivity index (χ4v) is 4.48. The van der Waals surface area contributed by atoms with Crippen molar-refractivity contribution in [3.63, 3.8) is 0 Å². The van der Waals surface area contributed by atoms with Crippen LogP contribution < -0.4 is 5.09 Å². The van der Waals surface area contributed by atoms with Gasteiger partial charge in [0.25, 0.3) is 0 Å². The molecular formula is C9H21N2OPS2. The van der Waals surface area contributed by atoms with E-state index in [1.807, 2.05) is 13.8 Å². The molecule has 0 rings (SSSR count). The fraction of sp³-hybridized carbons (Fsp3) is 0.889. The minimum atomic E-state index is -1.96. The average Bonchev–Trinajstić information content (AvgIpc) is 2.14. The first-order chi connectivity index (χ1) is 6.89. The normalized spacial score (nSPS) is 16.2. The smallest absolute Gasteiger partial charge is 0.210 e. The van der Waals surface area contributed by atoms with Crippen molar-refractivity contribution < 1.29 is 4.52 Å². The van der Waals surface area contributed by atoms with Gasteiger partial charge in [-0.3, -0.25) is 4.99 Å². The number of nitrogens with zero attached hydrogens (tertiary/aromatic N) is 1. The Balaban J connectivity index is 4.13. The van der Waals surface area contributed by atoms with E-state index in [2.05, 4.69) is 23.9 Å². The highest BCUT2D eigenvalue weighted by Gasteiger charge is 2.15. The summed E-state index contributed by atoms with van der Waals surface area (Å²) in [6.07, 6.45) is 1.68. The molecule has 1 atom stereocenters. The summed E-state index contributed by atoms with van der Waals surface area (Å²) in [5, 5.41) is 3.11. The van der Waals surface area contributed by atoms with Crippen molar-refractivity contribution in [2.45, 2.75) is 33.7 Å². The third-order valence-corrected chi connectivity index (χ3v) is 7.42. The topological polar surface area (TPSA) is 33.6 Å². The van der Waals surface area contributed by atoms with Crippen LogP contribution in [0.1, 0.15) is 27.7 Å². The van der Waals surface area contributed by atoms with Crippen molar-refractivity contribution in [3.8, 4) is 0 Å². The second-order valence-corrected chi connectivity index (χ2v) is 10.6. The third-order valence-electron chi connectivity index (χ3n) is 1.41. The zero-order chi connectivity index (χ0) is 11.9. The van der Waals surface area contributed by atoms with Crippen LogP contribution in [0.3, 0.4) is 0 Å². The van der Waals surface area contributed by atoms with E-state index in [1.165, 1.54) is 0 Å². The first-order valence-electron chi connectivity index (χ1n) is 4.99. The molecule has 6 heteroatoms. The Bertz CT molecular complexity index is 244. The van der Waals surface area contributed by atoms with E-state index in [9.17, 15) is 0 Å². The van der Waals surface area contributed by atoms with Gasteiger partial charge in [-0.15, -0.1) is 0 Å². The molecule has 0 amide bonds. The van der Waals surface area contributed by atoms with E-state index in [1.54, 1.807) is 24.8 Å². The Kier molecular flexibility index (Phi) is 7.88. The predicted octanol–water partition coefficient (Wildman–Crippen LogP) is 3.27. The molecule has 1 unspecified atom stereocenters. The monoisotopic (exact) mass is 268 g/mol. The van der Waals surface area contributed by atoms with Gasteiger partial charge in [-0.2, -0.15) is 0 Å². The minimum Gasteiger partial charge on any atom is -0.330 e. The highest BCUT2D eigenvalue weighted by Crippen LogP contribution is 2.55. The molecule has 0 aliphatic heterocycles. The van der Waals surface area contributed by atoms with Gasteiger partial charge in [-0.05, 0) is 31.6 Å². The summed E-state index contributed by atoms with van der Waals surface area (Å²) in [5.41, 5.74) is -1.96. The van der Waals surface area contributed by atoms with Crippen molar-refractivity contribution in [3.05, 3.63) is 0 Å². The van der Waals surface area contributed by atoms with Crippen LogP contribution in [0.15, 0.2) is 4.99 Å². The van der Waals surface area contributed by atoms with Crippen LogP contribution in [0, 0.1) is 5.92 Å². The molecule has 0 saturated carbocycles. The van der Waals surface area contributed by atoms with Crippen LogP contribution in [0.25, 0.3) is 0 Å². The van der Waals surface area contributed by atoms with Gasteiger partial charge in [0.1, 0.15) is 0 Å². The number of aliphatic imine (C=N–C) groups is 1. The highest BCUT2D eigenvalue weighted by molar-refractivity contribution is 8.68. The molecule has 0 fully saturated rings. The molecule has 0 aromatic rings. The molecule has 0 saturated heterocycles. The SMILES string of the molecule is COP(=S)(NC=NC(C)C)SCC(C)C. The summed E-state index contributed by atoms with van der Waals surface area (Å²) >= 11 is 7.11. The van der Waals surface area contributed by atoms with Crippen LogP contribution in [0.5, 0.6) is 0 Å². The second-order valence-electron chi connectivity index (χ2n) is 3.87. The van der Waals surface area contributed by atoms with Crippen LogP contribution in [0.2, 0.25) is 0 Å².